The summed E-state index contributed by atoms with van der Waals surface area (Å²) in [5, 5.41) is 5.02. The van der Waals surface area contributed by atoms with Gasteiger partial charge in [0, 0.05) is 10.6 Å². The zero-order chi connectivity index (χ0) is 16.1. The summed E-state index contributed by atoms with van der Waals surface area (Å²) in [5.41, 5.74) is 11.5. The molecule has 0 fully saturated rings. The van der Waals surface area contributed by atoms with Crippen LogP contribution in [-0.4, -0.2) is 43.2 Å². The average molecular weight is 401 g/mol. The summed E-state index contributed by atoms with van der Waals surface area (Å²) in [7, 11) is -2.75. The fraction of sp³-hybridized carbons (Fsp3) is 1.00. The summed E-state index contributed by atoms with van der Waals surface area (Å²) in [6, 6.07) is 0. The van der Waals surface area contributed by atoms with Gasteiger partial charge in [0.1, 0.15) is 0 Å². The number of nitrogens with one attached hydrogen (secondary N) is 2. The first-order chi connectivity index (χ1) is 9.36. The van der Waals surface area contributed by atoms with E-state index in [4.69, 9.17) is 11.5 Å². The van der Waals surface area contributed by atoms with Gasteiger partial charge in [-0.25, -0.2) is 0 Å². The van der Waals surface area contributed by atoms with Crippen LogP contribution in [0.5, 0.6) is 0 Å². The Labute approximate surface area is 226 Å². The van der Waals surface area contributed by atoms with Gasteiger partial charge in [-0.05, 0) is 45.5 Å². The number of nitrogens with two attached hydrogens (primary N) is 2. The normalized spacial score (nSPS) is 16.4. The van der Waals surface area contributed by atoms with E-state index in [-0.39, 0.29) is 103 Å². The van der Waals surface area contributed by atoms with Crippen molar-refractivity contribution in [2.45, 2.75) is 64.0 Å². The maximum atomic E-state index is 10.7. The van der Waals surface area contributed by atoms with Crippen molar-refractivity contribution < 1.29 is 112 Å². The Balaban J connectivity index is -0.000000135. The van der Waals surface area contributed by atoms with Crippen LogP contribution < -0.4 is 134 Å². The summed E-state index contributed by atoms with van der Waals surface area (Å²) in [4.78, 5) is 21.4. The molecular weight excluding hydrogens is 367 g/mol. The first kappa shape index (κ1) is 33.1. The third-order valence-electron chi connectivity index (χ3n) is 2.97. The van der Waals surface area contributed by atoms with Gasteiger partial charge < -0.3 is 31.7 Å². The fourth-order valence-electron chi connectivity index (χ4n) is 2.02. The molecule has 124 valence electrons. The maximum Gasteiger partial charge on any atom is 1.00 e. The Morgan fingerprint density at radius 1 is 0.773 bits per heavy atom. The van der Waals surface area contributed by atoms with E-state index in [1.54, 1.807) is 0 Å². The van der Waals surface area contributed by atoms with E-state index in [2.05, 4.69) is 10.6 Å². The first-order valence-electron chi connectivity index (χ1n) is 7.60. The molecule has 0 amide bonds. The fourth-order valence-corrected chi connectivity index (χ4v) is 3.72. The first-order valence-corrected chi connectivity index (χ1v) is 10.2. The second-order valence-electron chi connectivity index (χ2n) is 5.16. The molecule has 6 N–H and O–H groups in total. The van der Waals surface area contributed by atoms with Crippen LogP contribution in [0.3, 0.4) is 0 Å². The molecule has 0 heterocycles. The van der Waals surface area contributed by atoms with Crippen LogP contribution in [0.25, 0.3) is 0 Å². The molecule has 22 heavy (non-hydrogen) atoms. The number of hydrogen-bond donors (Lipinski definition) is 4. The average Bonchev–Trinajstić information content (AvgIpc) is 2.41. The van der Waals surface area contributed by atoms with Crippen LogP contribution in [0.4, 0.5) is 0 Å². The Kier molecular flexibility index (Phi) is 31.2. The van der Waals surface area contributed by atoms with Crippen molar-refractivity contribution in [3.63, 3.8) is 0 Å². The molecule has 0 radical (unpaired) electrons. The predicted octanol–water partition coefficient (Wildman–Crippen LogP) is -9.09. The van der Waals surface area contributed by atoms with E-state index in [9.17, 15) is 9.59 Å². The smallest absolute Gasteiger partial charge is 0.861 e. The van der Waals surface area contributed by atoms with Crippen LogP contribution in [0.15, 0.2) is 0 Å². The molecule has 0 bridgehead atoms. The maximum absolute atomic E-state index is 10.7. The summed E-state index contributed by atoms with van der Waals surface area (Å²) in [6.07, 6.45) is 3.60. The van der Waals surface area contributed by atoms with Crippen molar-refractivity contribution in [1.29, 1.82) is 0 Å². The van der Waals surface area contributed by atoms with Gasteiger partial charge in [0.2, 0.25) is 0 Å². The summed E-state index contributed by atoms with van der Waals surface area (Å²) < 4.78 is 0. The predicted molar refractivity (Wildman–Crippen MR) is 88.1 cm³/mol. The minimum absolute atomic E-state index is 0. The molecule has 0 aromatic rings. The van der Waals surface area contributed by atoms with Gasteiger partial charge in [-0.3, -0.25) is 0 Å². The molecule has 6 nitrogen and oxygen atoms in total. The van der Waals surface area contributed by atoms with Crippen molar-refractivity contribution in [2.24, 2.45) is 11.5 Å². The summed E-state index contributed by atoms with van der Waals surface area (Å²) in [5.74, 6) is 0. The molecule has 0 rings (SSSR count). The van der Waals surface area contributed by atoms with Crippen LogP contribution in [-0.2, 0) is 0 Å². The van der Waals surface area contributed by atoms with Gasteiger partial charge in [0.05, 0.1) is 0 Å². The van der Waals surface area contributed by atoms with Crippen LogP contribution in [0.1, 0.15) is 53.4 Å². The van der Waals surface area contributed by atoms with Crippen molar-refractivity contribution >= 4 is 19.5 Å². The SMILES string of the molecule is CCCC(N)(NCC)[SiH2][O-].CCCC(N)(NCC)[SiH2][O-].[K+].[K+]. The van der Waals surface area contributed by atoms with Gasteiger partial charge in [-0.1, -0.05) is 40.5 Å². The molecule has 0 aliphatic rings. The molecule has 2 unspecified atom stereocenters. The second kappa shape index (κ2) is 20.8. The Morgan fingerprint density at radius 2 is 1.05 bits per heavy atom. The molecule has 0 spiro atoms. The van der Waals surface area contributed by atoms with Crippen LogP contribution in [0, 0.1) is 0 Å². The molecule has 0 aromatic carbocycles. The molecule has 0 aliphatic carbocycles. The van der Waals surface area contributed by atoms with E-state index in [1.165, 1.54) is 0 Å². The zero-order valence-electron chi connectivity index (χ0n) is 15.6. The Bertz CT molecular complexity index is 199. The molecule has 0 saturated carbocycles. The number of hydrogen-bond acceptors (Lipinski definition) is 6. The van der Waals surface area contributed by atoms with Crippen molar-refractivity contribution in [2.75, 3.05) is 13.1 Å². The zero-order valence-corrected chi connectivity index (χ0v) is 24.7. The summed E-state index contributed by atoms with van der Waals surface area (Å²) >= 11 is 0. The minimum atomic E-state index is -1.37. The largest absolute Gasteiger partial charge is 1.00 e. The van der Waals surface area contributed by atoms with Crippen molar-refractivity contribution in [3.8, 4) is 0 Å². The van der Waals surface area contributed by atoms with E-state index >= 15 is 0 Å². The van der Waals surface area contributed by atoms with E-state index in [1.807, 2.05) is 27.7 Å². The standard InChI is InChI=1S/2C6H17N2OSi.2K/c2*1-3-5-6(7,10-9)8-4-2;;/h2*8H,3-5,7,10H2,1-2H3;;/q2*-1;2*+1. The van der Waals surface area contributed by atoms with Crippen molar-refractivity contribution in [1.82, 2.24) is 10.6 Å². The topological polar surface area (TPSA) is 122 Å². The van der Waals surface area contributed by atoms with Gasteiger partial charge in [-0.2, -0.15) is 0 Å². The molecule has 0 saturated heterocycles. The quantitative estimate of drug-likeness (QED) is 0.213. The van der Waals surface area contributed by atoms with Crippen molar-refractivity contribution in [3.05, 3.63) is 0 Å². The van der Waals surface area contributed by atoms with E-state index < -0.39 is 30.1 Å². The van der Waals surface area contributed by atoms with Gasteiger partial charge in [0.15, 0.2) is 0 Å². The minimum Gasteiger partial charge on any atom is -0.861 e. The van der Waals surface area contributed by atoms with Crippen LogP contribution in [0.2, 0.25) is 0 Å². The molecule has 2 atom stereocenters. The van der Waals surface area contributed by atoms with Gasteiger partial charge in [0.25, 0.3) is 0 Å². The molecule has 0 aliphatic heterocycles. The molecule has 0 aromatic heterocycles. The van der Waals surface area contributed by atoms with E-state index in [0.29, 0.717) is 0 Å². The Hall–Kier alpha value is 3.47. The molecule has 10 heteroatoms. The van der Waals surface area contributed by atoms with Crippen LogP contribution >= 0.6 is 0 Å². The molecular formula is C12H34K2N4O2Si2. The van der Waals surface area contributed by atoms with Gasteiger partial charge >= 0.3 is 103 Å². The van der Waals surface area contributed by atoms with Gasteiger partial charge in [-0.15, -0.1) is 0 Å². The number of rotatable bonds is 10. The summed E-state index contributed by atoms with van der Waals surface area (Å²) in [6.45, 7) is 9.63. The third-order valence-corrected chi connectivity index (χ3v) is 5.20. The Morgan fingerprint density at radius 3 is 1.18 bits per heavy atom. The van der Waals surface area contributed by atoms with E-state index in [0.717, 1.165) is 38.8 Å². The second-order valence-corrected chi connectivity index (χ2v) is 8.26. The third kappa shape index (κ3) is 18.3. The monoisotopic (exact) mass is 400 g/mol.